The highest BCUT2D eigenvalue weighted by Gasteiger charge is 2.08. The molecular formula is C13H19NOS. The van der Waals surface area contributed by atoms with Crippen LogP contribution in [0.25, 0.3) is 0 Å². The molecule has 0 aliphatic heterocycles. The number of nitrogens with one attached hydrogen (secondary N) is 1. The smallest absolute Gasteiger partial charge is 0.251 e. The lowest BCUT2D eigenvalue weighted by atomic mass is 10.1. The van der Waals surface area contributed by atoms with Gasteiger partial charge in [0.05, 0.1) is 0 Å². The molecule has 0 aliphatic carbocycles. The highest BCUT2D eigenvalue weighted by molar-refractivity contribution is 7.80. The van der Waals surface area contributed by atoms with E-state index in [-0.39, 0.29) is 5.91 Å². The number of rotatable bonds is 5. The lowest BCUT2D eigenvalue weighted by Gasteiger charge is -2.07. The molecule has 3 heteroatoms. The first-order valence-corrected chi connectivity index (χ1v) is 6.17. The monoisotopic (exact) mass is 237 g/mol. The number of aryl methyl sites for hydroxylation is 1. The lowest BCUT2D eigenvalue weighted by molar-refractivity contribution is 0.0952. The van der Waals surface area contributed by atoms with Crippen molar-refractivity contribution in [3.05, 3.63) is 29.3 Å². The SMILES string of the molecule is CCCCCNC(=O)c1cc(S)ccc1C. The van der Waals surface area contributed by atoms with E-state index >= 15 is 0 Å². The lowest BCUT2D eigenvalue weighted by Crippen LogP contribution is -2.25. The molecule has 1 amide bonds. The zero-order valence-corrected chi connectivity index (χ0v) is 10.8. The van der Waals surface area contributed by atoms with Gasteiger partial charge in [-0.25, -0.2) is 0 Å². The van der Waals surface area contributed by atoms with Gasteiger partial charge in [0.2, 0.25) is 0 Å². The minimum absolute atomic E-state index is 0.00417. The number of benzene rings is 1. The van der Waals surface area contributed by atoms with E-state index < -0.39 is 0 Å². The molecule has 1 rings (SSSR count). The van der Waals surface area contributed by atoms with Crippen LogP contribution in [-0.2, 0) is 0 Å². The molecule has 0 radical (unpaired) electrons. The molecule has 0 fully saturated rings. The summed E-state index contributed by atoms with van der Waals surface area (Å²) < 4.78 is 0. The third kappa shape index (κ3) is 3.89. The van der Waals surface area contributed by atoms with Crippen molar-refractivity contribution in [1.82, 2.24) is 5.32 Å². The van der Waals surface area contributed by atoms with Gasteiger partial charge in [-0.1, -0.05) is 25.8 Å². The zero-order valence-electron chi connectivity index (χ0n) is 9.92. The van der Waals surface area contributed by atoms with Crippen LogP contribution in [0.3, 0.4) is 0 Å². The first-order valence-electron chi connectivity index (χ1n) is 5.73. The van der Waals surface area contributed by atoms with Crippen LogP contribution in [0.4, 0.5) is 0 Å². The molecule has 0 unspecified atom stereocenters. The topological polar surface area (TPSA) is 29.1 Å². The predicted octanol–water partition coefficient (Wildman–Crippen LogP) is 3.20. The van der Waals surface area contributed by atoms with Gasteiger partial charge >= 0.3 is 0 Å². The minimum atomic E-state index is 0.00417. The van der Waals surface area contributed by atoms with Gasteiger partial charge in [0.15, 0.2) is 0 Å². The highest BCUT2D eigenvalue weighted by Crippen LogP contribution is 2.13. The average molecular weight is 237 g/mol. The third-order valence-electron chi connectivity index (χ3n) is 2.53. The molecule has 16 heavy (non-hydrogen) atoms. The second kappa shape index (κ2) is 6.59. The Morgan fingerprint density at radius 3 is 2.81 bits per heavy atom. The molecule has 88 valence electrons. The average Bonchev–Trinajstić information content (AvgIpc) is 2.27. The summed E-state index contributed by atoms with van der Waals surface area (Å²) in [6.07, 6.45) is 3.37. The highest BCUT2D eigenvalue weighted by atomic mass is 32.1. The summed E-state index contributed by atoms with van der Waals surface area (Å²) >= 11 is 4.24. The molecule has 0 atom stereocenters. The molecule has 0 saturated carbocycles. The molecular weight excluding hydrogens is 218 g/mol. The summed E-state index contributed by atoms with van der Waals surface area (Å²) in [6.45, 7) is 4.84. The second-order valence-corrected chi connectivity index (χ2v) is 4.48. The van der Waals surface area contributed by atoms with Crippen LogP contribution in [0, 0.1) is 6.92 Å². The number of unbranched alkanes of at least 4 members (excludes halogenated alkanes) is 2. The van der Waals surface area contributed by atoms with Crippen LogP contribution in [0.15, 0.2) is 23.1 Å². The number of hydrogen-bond acceptors (Lipinski definition) is 2. The van der Waals surface area contributed by atoms with Crippen molar-refractivity contribution in [3.8, 4) is 0 Å². The van der Waals surface area contributed by atoms with Crippen LogP contribution in [0.5, 0.6) is 0 Å². The van der Waals surface area contributed by atoms with Gasteiger partial charge in [-0.2, -0.15) is 0 Å². The minimum Gasteiger partial charge on any atom is -0.352 e. The Kier molecular flexibility index (Phi) is 5.39. The van der Waals surface area contributed by atoms with Crippen molar-refractivity contribution in [2.75, 3.05) is 6.54 Å². The zero-order chi connectivity index (χ0) is 12.0. The van der Waals surface area contributed by atoms with Crippen LogP contribution >= 0.6 is 12.6 Å². The van der Waals surface area contributed by atoms with E-state index in [4.69, 9.17) is 0 Å². The Morgan fingerprint density at radius 2 is 2.12 bits per heavy atom. The van der Waals surface area contributed by atoms with Crippen molar-refractivity contribution < 1.29 is 4.79 Å². The van der Waals surface area contributed by atoms with Gasteiger partial charge in [-0.3, -0.25) is 4.79 Å². The summed E-state index contributed by atoms with van der Waals surface area (Å²) in [7, 11) is 0. The molecule has 0 heterocycles. The number of hydrogen-bond donors (Lipinski definition) is 2. The molecule has 0 bridgehead atoms. The maximum absolute atomic E-state index is 11.8. The van der Waals surface area contributed by atoms with Gasteiger partial charge in [-0.15, -0.1) is 12.6 Å². The quantitative estimate of drug-likeness (QED) is 0.597. The molecule has 2 nitrogen and oxygen atoms in total. The van der Waals surface area contributed by atoms with Gasteiger partial charge in [0.1, 0.15) is 0 Å². The maximum atomic E-state index is 11.8. The number of amides is 1. The number of carbonyl (C=O) groups excluding carboxylic acids is 1. The van der Waals surface area contributed by atoms with Crippen LogP contribution in [0.1, 0.15) is 42.1 Å². The molecule has 0 aromatic heterocycles. The van der Waals surface area contributed by atoms with Crippen LogP contribution in [-0.4, -0.2) is 12.5 Å². The summed E-state index contributed by atoms with van der Waals surface area (Å²) in [5.41, 5.74) is 1.72. The van der Waals surface area contributed by atoms with Gasteiger partial charge in [0.25, 0.3) is 5.91 Å². The van der Waals surface area contributed by atoms with E-state index in [0.717, 1.165) is 35.4 Å². The van der Waals surface area contributed by atoms with Crippen molar-refractivity contribution in [2.24, 2.45) is 0 Å². The van der Waals surface area contributed by atoms with Crippen molar-refractivity contribution in [1.29, 1.82) is 0 Å². The summed E-state index contributed by atoms with van der Waals surface area (Å²) in [5, 5.41) is 2.93. The van der Waals surface area contributed by atoms with E-state index in [2.05, 4.69) is 24.9 Å². The Morgan fingerprint density at radius 1 is 1.38 bits per heavy atom. The van der Waals surface area contributed by atoms with E-state index in [1.807, 2.05) is 25.1 Å². The first-order chi connectivity index (χ1) is 7.65. The molecule has 0 saturated heterocycles. The fourth-order valence-corrected chi connectivity index (χ4v) is 1.73. The van der Waals surface area contributed by atoms with Crippen molar-refractivity contribution >= 4 is 18.5 Å². The number of thiol groups is 1. The Labute approximate surface area is 103 Å². The van der Waals surface area contributed by atoms with Crippen molar-refractivity contribution in [2.45, 2.75) is 38.0 Å². The van der Waals surface area contributed by atoms with Crippen LogP contribution in [0.2, 0.25) is 0 Å². The van der Waals surface area contributed by atoms with E-state index in [9.17, 15) is 4.79 Å². The largest absolute Gasteiger partial charge is 0.352 e. The Hall–Kier alpha value is -0.960. The molecule has 0 spiro atoms. The number of carbonyl (C=O) groups is 1. The third-order valence-corrected chi connectivity index (χ3v) is 2.81. The Bertz CT molecular complexity index is 363. The molecule has 1 N–H and O–H groups in total. The summed E-state index contributed by atoms with van der Waals surface area (Å²) in [6, 6.07) is 5.63. The van der Waals surface area contributed by atoms with Gasteiger partial charge < -0.3 is 5.32 Å². The summed E-state index contributed by atoms with van der Waals surface area (Å²) in [4.78, 5) is 12.7. The Balaban J connectivity index is 2.55. The van der Waals surface area contributed by atoms with E-state index in [1.54, 1.807) is 0 Å². The van der Waals surface area contributed by atoms with Gasteiger partial charge in [0, 0.05) is 17.0 Å². The van der Waals surface area contributed by atoms with Crippen molar-refractivity contribution in [3.63, 3.8) is 0 Å². The molecule has 0 aliphatic rings. The molecule has 1 aromatic carbocycles. The fourth-order valence-electron chi connectivity index (χ4n) is 1.53. The van der Waals surface area contributed by atoms with Crippen LogP contribution < -0.4 is 5.32 Å². The fraction of sp³-hybridized carbons (Fsp3) is 0.462. The standard InChI is InChI=1S/C13H19NOS/c1-3-4-5-8-14-13(15)12-9-11(16)7-6-10(12)2/h6-7,9,16H,3-5,8H2,1-2H3,(H,14,15). The normalized spacial score (nSPS) is 10.2. The summed E-state index contributed by atoms with van der Waals surface area (Å²) in [5.74, 6) is 0.00417. The predicted molar refractivity (Wildman–Crippen MR) is 70.3 cm³/mol. The van der Waals surface area contributed by atoms with E-state index in [0.29, 0.717) is 0 Å². The second-order valence-electron chi connectivity index (χ2n) is 3.96. The first kappa shape index (κ1) is 13.1. The van der Waals surface area contributed by atoms with Gasteiger partial charge in [-0.05, 0) is 31.0 Å². The van der Waals surface area contributed by atoms with E-state index in [1.165, 1.54) is 6.42 Å². The maximum Gasteiger partial charge on any atom is 0.251 e. The molecule has 1 aromatic rings.